The number of thioether (sulfide) groups is 1. The van der Waals surface area contributed by atoms with Gasteiger partial charge in [-0.2, -0.15) is 0 Å². The standard InChI is InChI=1S/C15H28N2S/c1-4-5-12-6-8-13(9-7-12)17-14-16-10-15(2,3)11-18-14/h12-13H,4-11H2,1-3H3,(H,16,17). The van der Waals surface area contributed by atoms with E-state index in [0.29, 0.717) is 11.5 Å². The molecule has 1 saturated carbocycles. The molecule has 104 valence electrons. The van der Waals surface area contributed by atoms with E-state index in [-0.39, 0.29) is 0 Å². The Morgan fingerprint density at radius 1 is 1.28 bits per heavy atom. The fourth-order valence-electron chi connectivity index (χ4n) is 2.91. The topological polar surface area (TPSA) is 24.4 Å². The summed E-state index contributed by atoms with van der Waals surface area (Å²) in [6.45, 7) is 7.89. The predicted octanol–water partition coefficient (Wildman–Crippen LogP) is 4.06. The van der Waals surface area contributed by atoms with E-state index >= 15 is 0 Å². The lowest BCUT2D eigenvalue weighted by Crippen LogP contribution is -2.39. The van der Waals surface area contributed by atoms with Crippen molar-refractivity contribution in [2.45, 2.75) is 65.3 Å². The molecule has 1 fully saturated rings. The van der Waals surface area contributed by atoms with Gasteiger partial charge in [0.25, 0.3) is 0 Å². The lowest BCUT2D eigenvalue weighted by atomic mass is 9.83. The largest absolute Gasteiger partial charge is 0.362 e. The van der Waals surface area contributed by atoms with Crippen LogP contribution in [0.3, 0.4) is 0 Å². The van der Waals surface area contributed by atoms with Crippen molar-refractivity contribution in [2.75, 3.05) is 12.3 Å². The zero-order chi connectivity index (χ0) is 13.0. The highest BCUT2D eigenvalue weighted by molar-refractivity contribution is 8.13. The van der Waals surface area contributed by atoms with Crippen molar-refractivity contribution in [1.82, 2.24) is 5.32 Å². The molecule has 2 aliphatic rings. The first-order chi connectivity index (χ1) is 8.59. The van der Waals surface area contributed by atoms with Gasteiger partial charge in [-0.15, -0.1) is 0 Å². The van der Waals surface area contributed by atoms with Gasteiger partial charge in [0.1, 0.15) is 0 Å². The van der Waals surface area contributed by atoms with E-state index < -0.39 is 0 Å². The summed E-state index contributed by atoms with van der Waals surface area (Å²) in [5.41, 5.74) is 0.384. The molecule has 1 N–H and O–H groups in total. The molecule has 0 aromatic rings. The van der Waals surface area contributed by atoms with Crippen molar-refractivity contribution in [1.29, 1.82) is 0 Å². The fourth-order valence-corrected chi connectivity index (χ4v) is 3.93. The molecule has 1 aliphatic heterocycles. The van der Waals surface area contributed by atoms with E-state index in [4.69, 9.17) is 4.99 Å². The maximum atomic E-state index is 4.70. The van der Waals surface area contributed by atoms with Crippen LogP contribution in [-0.2, 0) is 0 Å². The second-order valence-corrected chi connectivity index (χ2v) is 7.69. The van der Waals surface area contributed by atoms with Gasteiger partial charge in [-0.25, -0.2) is 0 Å². The zero-order valence-corrected chi connectivity index (χ0v) is 13.0. The van der Waals surface area contributed by atoms with Gasteiger partial charge in [-0.05, 0) is 37.0 Å². The van der Waals surface area contributed by atoms with Crippen LogP contribution in [0.1, 0.15) is 59.3 Å². The first-order valence-electron chi connectivity index (χ1n) is 7.53. The van der Waals surface area contributed by atoms with Gasteiger partial charge in [-0.3, -0.25) is 4.99 Å². The summed E-state index contributed by atoms with van der Waals surface area (Å²) >= 11 is 1.91. The Morgan fingerprint density at radius 3 is 2.56 bits per heavy atom. The summed E-state index contributed by atoms with van der Waals surface area (Å²) in [4.78, 5) is 4.70. The van der Waals surface area contributed by atoms with Crippen LogP contribution in [0.4, 0.5) is 0 Å². The number of nitrogens with zero attached hydrogens (tertiary/aromatic N) is 1. The van der Waals surface area contributed by atoms with Gasteiger partial charge >= 0.3 is 0 Å². The molecule has 0 unspecified atom stereocenters. The Hall–Kier alpha value is -0.180. The van der Waals surface area contributed by atoms with Crippen LogP contribution in [0.15, 0.2) is 4.99 Å². The summed E-state index contributed by atoms with van der Waals surface area (Å²) in [5, 5.41) is 4.87. The summed E-state index contributed by atoms with van der Waals surface area (Å²) in [6.07, 6.45) is 8.28. The average Bonchev–Trinajstić information content (AvgIpc) is 2.35. The van der Waals surface area contributed by atoms with Crippen LogP contribution >= 0.6 is 11.8 Å². The van der Waals surface area contributed by atoms with E-state index in [1.807, 2.05) is 11.8 Å². The SMILES string of the molecule is CCCC1CCC(NC2=NCC(C)(C)CS2)CC1. The van der Waals surface area contributed by atoms with Crippen LogP contribution in [0.2, 0.25) is 0 Å². The first-order valence-corrected chi connectivity index (χ1v) is 8.51. The second-order valence-electron chi connectivity index (χ2n) is 6.72. The highest BCUT2D eigenvalue weighted by atomic mass is 32.2. The molecule has 0 radical (unpaired) electrons. The highest BCUT2D eigenvalue weighted by Crippen LogP contribution is 2.30. The van der Waals surface area contributed by atoms with Crippen LogP contribution in [0.5, 0.6) is 0 Å². The van der Waals surface area contributed by atoms with Crippen molar-refractivity contribution < 1.29 is 0 Å². The Kier molecular flexibility index (Phi) is 4.99. The molecule has 2 rings (SSSR count). The normalized spacial score (nSPS) is 31.8. The van der Waals surface area contributed by atoms with Crippen molar-refractivity contribution in [3.05, 3.63) is 0 Å². The van der Waals surface area contributed by atoms with Crippen LogP contribution in [0, 0.1) is 11.3 Å². The van der Waals surface area contributed by atoms with E-state index in [1.165, 1.54) is 49.4 Å². The predicted molar refractivity (Wildman–Crippen MR) is 82.3 cm³/mol. The quantitative estimate of drug-likeness (QED) is 0.834. The zero-order valence-electron chi connectivity index (χ0n) is 12.2. The van der Waals surface area contributed by atoms with Gasteiger partial charge in [0.2, 0.25) is 0 Å². The molecule has 0 aromatic heterocycles. The van der Waals surface area contributed by atoms with E-state index in [9.17, 15) is 0 Å². The molecule has 0 amide bonds. The number of hydrogen-bond donors (Lipinski definition) is 1. The second kappa shape index (κ2) is 6.31. The van der Waals surface area contributed by atoms with Gasteiger partial charge in [-0.1, -0.05) is 45.4 Å². The fraction of sp³-hybridized carbons (Fsp3) is 0.933. The third kappa shape index (κ3) is 4.18. The summed E-state index contributed by atoms with van der Waals surface area (Å²) in [7, 11) is 0. The molecule has 0 spiro atoms. The molecule has 0 aromatic carbocycles. The number of amidine groups is 1. The summed E-state index contributed by atoms with van der Waals surface area (Å²) < 4.78 is 0. The highest BCUT2D eigenvalue weighted by Gasteiger charge is 2.26. The number of rotatable bonds is 3. The molecule has 1 heterocycles. The van der Waals surface area contributed by atoms with Crippen LogP contribution in [-0.4, -0.2) is 23.5 Å². The van der Waals surface area contributed by atoms with E-state index in [1.54, 1.807) is 0 Å². The first kappa shape index (κ1) is 14.2. The van der Waals surface area contributed by atoms with Gasteiger partial charge in [0, 0.05) is 18.3 Å². The Morgan fingerprint density at radius 2 is 2.00 bits per heavy atom. The lowest BCUT2D eigenvalue weighted by Gasteiger charge is -2.32. The molecule has 3 heteroatoms. The molecular weight excluding hydrogens is 240 g/mol. The summed E-state index contributed by atoms with van der Waals surface area (Å²) in [5.74, 6) is 2.19. The Balaban J connectivity index is 1.74. The molecule has 1 aliphatic carbocycles. The minimum atomic E-state index is 0.384. The van der Waals surface area contributed by atoms with Gasteiger partial charge in [0.05, 0.1) is 0 Å². The van der Waals surface area contributed by atoms with E-state index in [2.05, 4.69) is 26.1 Å². The minimum Gasteiger partial charge on any atom is -0.362 e. The van der Waals surface area contributed by atoms with Crippen molar-refractivity contribution in [3.63, 3.8) is 0 Å². The Labute approximate surface area is 116 Å². The Bertz CT molecular complexity index is 291. The lowest BCUT2D eigenvalue weighted by molar-refractivity contribution is 0.296. The number of hydrogen-bond acceptors (Lipinski definition) is 3. The van der Waals surface area contributed by atoms with Crippen molar-refractivity contribution in [2.24, 2.45) is 16.3 Å². The van der Waals surface area contributed by atoms with Crippen LogP contribution < -0.4 is 5.32 Å². The smallest absolute Gasteiger partial charge is 0.156 e. The van der Waals surface area contributed by atoms with E-state index in [0.717, 1.165) is 12.5 Å². The maximum Gasteiger partial charge on any atom is 0.156 e. The van der Waals surface area contributed by atoms with Gasteiger partial charge < -0.3 is 5.32 Å². The number of aliphatic imine (C=N–C) groups is 1. The summed E-state index contributed by atoms with van der Waals surface area (Å²) in [6, 6.07) is 0.686. The average molecular weight is 268 g/mol. The molecule has 18 heavy (non-hydrogen) atoms. The van der Waals surface area contributed by atoms with Crippen molar-refractivity contribution >= 4 is 16.9 Å². The third-order valence-electron chi connectivity index (χ3n) is 4.12. The van der Waals surface area contributed by atoms with Gasteiger partial charge in [0.15, 0.2) is 5.17 Å². The maximum absolute atomic E-state index is 4.70. The number of nitrogens with one attached hydrogen (secondary N) is 1. The van der Waals surface area contributed by atoms with Crippen molar-refractivity contribution in [3.8, 4) is 0 Å². The molecule has 2 nitrogen and oxygen atoms in total. The minimum absolute atomic E-state index is 0.384. The van der Waals surface area contributed by atoms with Crippen LogP contribution in [0.25, 0.3) is 0 Å². The molecule has 0 bridgehead atoms. The molecular formula is C15H28N2S. The molecule has 0 saturated heterocycles. The monoisotopic (exact) mass is 268 g/mol. The third-order valence-corrected chi connectivity index (χ3v) is 5.57. The molecule has 0 atom stereocenters.